The van der Waals surface area contributed by atoms with Crippen LogP contribution < -0.4 is 5.43 Å². The third kappa shape index (κ3) is 3.16. The van der Waals surface area contributed by atoms with Crippen molar-refractivity contribution in [2.45, 2.75) is 12.2 Å². The van der Waals surface area contributed by atoms with Crippen LogP contribution in [-0.2, 0) is 0 Å². The molecule has 0 bridgehead atoms. The predicted molar refractivity (Wildman–Crippen MR) is 84.9 cm³/mol. The molecule has 2 aromatic carbocycles. The van der Waals surface area contributed by atoms with E-state index in [1.807, 2.05) is 30.3 Å². The van der Waals surface area contributed by atoms with Gasteiger partial charge in [-0.25, -0.2) is 0 Å². The number of hydrogen-bond donors (Lipinski definition) is 1. The zero-order valence-corrected chi connectivity index (χ0v) is 12.9. The summed E-state index contributed by atoms with van der Waals surface area (Å²) in [5.41, 5.74) is 7.67. The Morgan fingerprint density at radius 2 is 1.80 bits per heavy atom. The van der Waals surface area contributed by atoms with E-state index in [1.165, 1.54) is 11.1 Å². The molecule has 3 rings (SSSR count). The number of amidine groups is 1. The van der Waals surface area contributed by atoms with E-state index in [4.69, 9.17) is 0 Å². The van der Waals surface area contributed by atoms with Crippen LogP contribution in [0.25, 0.3) is 0 Å². The van der Waals surface area contributed by atoms with Crippen molar-refractivity contribution in [3.05, 3.63) is 65.7 Å². The summed E-state index contributed by atoms with van der Waals surface area (Å²) in [6, 6.07) is 18.5. The molecule has 0 saturated heterocycles. The van der Waals surface area contributed by atoms with Crippen LogP contribution >= 0.6 is 0 Å². The van der Waals surface area contributed by atoms with E-state index < -0.39 is 0 Å². The van der Waals surface area contributed by atoms with Gasteiger partial charge in [0.15, 0.2) is 0 Å². The van der Waals surface area contributed by atoms with Gasteiger partial charge in [-0.05, 0) is 0 Å². The van der Waals surface area contributed by atoms with Gasteiger partial charge in [0, 0.05) is 0 Å². The quantitative estimate of drug-likeness (QED) is 0.845. The zero-order valence-electron chi connectivity index (χ0n) is 11.2. The number of nitrogens with zero attached hydrogens (tertiary/aromatic N) is 2. The molecular formula is C16H15N3Se. The fraction of sp³-hybridized carbons (Fsp3) is 0.125. The standard InChI is InChI=1S/C16H15N3Se/c1-12-7-9-13(10-8-12)15-11-20-16(19-18-15)17-14-5-3-2-4-6-14/h2-10H,11H2,1H3,(H,17,19). The van der Waals surface area contributed by atoms with E-state index in [2.05, 4.69) is 46.7 Å². The number of hydrogen-bond acceptors (Lipinski definition) is 2. The number of nitrogens with one attached hydrogen (secondary N) is 1. The molecule has 100 valence electrons. The molecule has 0 spiro atoms. The zero-order chi connectivity index (χ0) is 13.8. The van der Waals surface area contributed by atoms with E-state index in [-0.39, 0.29) is 0 Å². The summed E-state index contributed by atoms with van der Waals surface area (Å²) in [6.45, 7) is 2.10. The second-order valence-corrected chi connectivity index (χ2v) is 6.60. The van der Waals surface area contributed by atoms with Crippen molar-refractivity contribution in [3.8, 4) is 0 Å². The number of para-hydroxylation sites is 1. The van der Waals surface area contributed by atoms with E-state index in [9.17, 15) is 0 Å². The fourth-order valence-electron chi connectivity index (χ4n) is 1.89. The van der Waals surface area contributed by atoms with Crippen molar-refractivity contribution in [2.24, 2.45) is 10.1 Å². The third-order valence-corrected chi connectivity index (χ3v) is 4.84. The maximum atomic E-state index is 4.59. The Kier molecular flexibility index (Phi) is 3.95. The van der Waals surface area contributed by atoms with E-state index >= 15 is 0 Å². The fourth-order valence-corrected chi connectivity index (χ4v) is 3.53. The van der Waals surface area contributed by atoms with Crippen LogP contribution in [0.4, 0.5) is 5.69 Å². The molecule has 1 N–H and O–H groups in total. The van der Waals surface area contributed by atoms with E-state index in [0.29, 0.717) is 15.0 Å². The van der Waals surface area contributed by atoms with Gasteiger partial charge in [0.25, 0.3) is 0 Å². The molecular weight excluding hydrogens is 313 g/mol. The maximum absolute atomic E-state index is 4.59. The summed E-state index contributed by atoms with van der Waals surface area (Å²) in [5.74, 6) is 0. The van der Waals surface area contributed by atoms with E-state index in [1.54, 1.807) is 0 Å². The monoisotopic (exact) mass is 329 g/mol. The molecule has 1 aliphatic rings. The van der Waals surface area contributed by atoms with Crippen LogP contribution in [0.3, 0.4) is 0 Å². The topological polar surface area (TPSA) is 36.8 Å². The van der Waals surface area contributed by atoms with Crippen molar-refractivity contribution >= 4 is 31.1 Å². The van der Waals surface area contributed by atoms with Crippen LogP contribution in [0.1, 0.15) is 11.1 Å². The molecule has 0 fully saturated rings. The molecule has 0 aromatic heterocycles. The summed E-state index contributed by atoms with van der Waals surface area (Å²) < 4.78 is 0.986. The van der Waals surface area contributed by atoms with Gasteiger partial charge in [0.2, 0.25) is 0 Å². The van der Waals surface area contributed by atoms with Crippen LogP contribution in [0.15, 0.2) is 64.7 Å². The first-order chi connectivity index (χ1) is 9.81. The van der Waals surface area contributed by atoms with Crippen molar-refractivity contribution in [2.75, 3.05) is 0 Å². The first-order valence-corrected chi connectivity index (χ1v) is 8.54. The Hall–Kier alpha value is -1.90. The van der Waals surface area contributed by atoms with Gasteiger partial charge in [0.1, 0.15) is 0 Å². The summed E-state index contributed by atoms with van der Waals surface area (Å²) in [6.07, 6.45) is 0. The molecule has 0 amide bonds. The average molecular weight is 328 g/mol. The van der Waals surface area contributed by atoms with Crippen molar-refractivity contribution in [1.29, 1.82) is 0 Å². The summed E-state index contributed by atoms with van der Waals surface area (Å²) in [5, 5.41) is 5.44. The van der Waals surface area contributed by atoms with Gasteiger partial charge in [0.05, 0.1) is 0 Å². The van der Waals surface area contributed by atoms with Crippen LogP contribution in [0.2, 0.25) is 5.32 Å². The van der Waals surface area contributed by atoms with Gasteiger partial charge in [-0.3, -0.25) is 0 Å². The van der Waals surface area contributed by atoms with Gasteiger partial charge in [-0.2, -0.15) is 0 Å². The van der Waals surface area contributed by atoms with Crippen LogP contribution in [-0.4, -0.2) is 25.4 Å². The molecule has 4 heteroatoms. The van der Waals surface area contributed by atoms with Gasteiger partial charge >= 0.3 is 125 Å². The molecule has 0 saturated carbocycles. The van der Waals surface area contributed by atoms with Crippen LogP contribution in [0.5, 0.6) is 0 Å². The first-order valence-electron chi connectivity index (χ1n) is 6.47. The SMILES string of the molecule is Cc1ccc(C2=NNC(=Nc3ccccc3)[Se]C2)cc1. The molecule has 2 aromatic rings. The number of benzene rings is 2. The molecule has 0 aliphatic carbocycles. The number of aryl methyl sites for hydroxylation is 1. The molecule has 20 heavy (non-hydrogen) atoms. The first kappa shape index (κ1) is 13.1. The van der Waals surface area contributed by atoms with Crippen molar-refractivity contribution in [1.82, 2.24) is 5.43 Å². The van der Waals surface area contributed by atoms with Gasteiger partial charge in [-0.1, -0.05) is 0 Å². The molecule has 0 radical (unpaired) electrons. The Morgan fingerprint density at radius 3 is 2.45 bits per heavy atom. The second kappa shape index (κ2) is 6.04. The molecule has 3 nitrogen and oxygen atoms in total. The molecule has 1 aliphatic heterocycles. The Morgan fingerprint density at radius 1 is 1.05 bits per heavy atom. The molecule has 1 heterocycles. The molecule has 0 atom stereocenters. The number of rotatable bonds is 2. The average Bonchev–Trinajstić information content (AvgIpc) is 2.50. The minimum atomic E-state index is 0.303. The van der Waals surface area contributed by atoms with Crippen molar-refractivity contribution in [3.63, 3.8) is 0 Å². The van der Waals surface area contributed by atoms with Gasteiger partial charge < -0.3 is 0 Å². The van der Waals surface area contributed by atoms with Crippen molar-refractivity contribution < 1.29 is 0 Å². The Balaban J connectivity index is 1.75. The van der Waals surface area contributed by atoms with E-state index in [0.717, 1.165) is 21.5 Å². The predicted octanol–water partition coefficient (Wildman–Crippen LogP) is 3.11. The second-order valence-electron chi connectivity index (χ2n) is 4.58. The minimum absolute atomic E-state index is 0.303. The summed E-state index contributed by atoms with van der Waals surface area (Å²) >= 11 is 0.303. The number of aliphatic imine (C=N–C) groups is 1. The number of hydrazone groups is 1. The Bertz CT molecular complexity index is 645. The normalized spacial score (nSPS) is 16.6. The summed E-state index contributed by atoms with van der Waals surface area (Å²) in [7, 11) is 0. The molecule has 0 unspecified atom stereocenters. The Labute approximate surface area is 125 Å². The van der Waals surface area contributed by atoms with Gasteiger partial charge in [-0.15, -0.1) is 0 Å². The third-order valence-electron chi connectivity index (χ3n) is 3.00. The summed E-state index contributed by atoms with van der Waals surface area (Å²) in [4.78, 5) is 4.59. The van der Waals surface area contributed by atoms with Crippen LogP contribution in [0, 0.1) is 6.92 Å².